The van der Waals surface area contributed by atoms with E-state index in [0.717, 1.165) is 0 Å². The Morgan fingerprint density at radius 2 is 2.18 bits per heavy atom. The number of Topliss-reactive ketones (excluding diaryl/α,β-unsaturated/α-hetero) is 1. The van der Waals surface area contributed by atoms with Crippen LogP contribution in [-0.2, 0) is 0 Å². The molecule has 2 rings (SSSR count). The average Bonchev–Trinajstić information content (AvgIpc) is 2.53. The van der Waals surface area contributed by atoms with Gasteiger partial charge in [0.25, 0.3) is 5.69 Å². The number of hydrogen-bond donors (Lipinski definition) is 1. The molecule has 1 aromatic carbocycles. The minimum absolute atomic E-state index is 0.0772. The molecule has 0 aliphatic heterocycles. The van der Waals surface area contributed by atoms with Gasteiger partial charge in [-0.3, -0.25) is 19.9 Å². The molecule has 0 fully saturated rings. The van der Waals surface area contributed by atoms with Crippen LogP contribution in [0.3, 0.4) is 0 Å². The van der Waals surface area contributed by atoms with Crippen molar-refractivity contribution in [3.05, 3.63) is 51.2 Å². The highest BCUT2D eigenvalue weighted by Gasteiger charge is 2.21. The molecular weight excluding hydrogens is 306 g/mol. The Hall–Kier alpha value is -2.47. The van der Waals surface area contributed by atoms with Crippen molar-refractivity contribution in [1.82, 2.24) is 4.98 Å². The molecule has 0 atom stereocenters. The Bertz CT molecular complexity index is 747. The molecule has 0 aliphatic rings. The highest BCUT2D eigenvalue weighted by Crippen LogP contribution is 2.36. The van der Waals surface area contributed by atoms with E-state index >= 15 is 0 Å². The van der Waals surface area contributed by atoms with Crippen LogP contribution >= 0.6 is 11.6 Å². The van der Waals surface area contributed by atoms with Gasteiger partial charge in [0.2, 0.25) is 0 Å². The van der Waals surface area contributed by atoms with Gasteiger partial charge in [-0.2, -0.15) is 0 Å². The summed E-state index contributed by atoms with van der Waals surface area (Å²) in [7, 11) is 1.59. The van der Waals surface area contributed by atoms with E-state index in [4.69, 9.17) is 11.6 Å². The highest BCUT2D eigenvalue weighted by atomic mass is 35.5. The van der Waals surface area contributed by atoms with Gasteiger partial charge in [-0.15, -0.1) is 0 Å². The molecule has 6 nitrogen and oxygen atoms in total. The summed E-state index contributed by atoms with van der Waals surface area (Å²) < 4.78 is 0. The van der Waals surface area contributed by atoms with Gasteiger partial charge in [0.1, 0.15) is 5.69 Å². The largest absolute Gasteiger partial charge is 0.382 e. The summed E-state index contributed by atoms with van der Waals surface area (Å²) in [5, 5.41) is 14.3. The van der Waals surface area contributed by atoms with Crippen molar-refractivity contribution in [3.8, 4) is 11.3 Å². The van der Waals surface area contributed by atoms with E-state index in [2.05, 4.69) is 10.3 Å². The number of hydrogen-bond acceptors (Lipinski definition) is 5. The van der Waals surface area contributed by atoms with Crippen LogP contribution in [0, 0.1) is 10.1 Å². The molecule has 0 bridgehead atoms. The molecule has 2 aromatic rings. The lowest BCUT2D eigenvalue weighted by molar-refractivity contribution is -0.383. The fourth-order valence-corrected chi connectivity index (χ4v) is 2.37. The standard InChI is InChI=1S/C15H14ClN3O3/c1-3-13(20)11-7-9(16)8-18-14(11)10-5-4-6-12(19(21)22)15(10)17-2/h4-8,17H,3H2,1-2H3. The van der Waals surface area contributed by atoms with Crippen molar-refractivity contribution >= 4 is 28.8 Å². The van der Waals surface area contributed by atoms with E-state index in [1.165, 1.54) is 18.3 Å². The zero-order chi connectivity index (χ0) is 16.3. The molecule has 0 spiro atoms. The van der Waals surface area contributed by atoms with E-state index in [1.807, 2.05) is 0 Å². The molecule has 0 radical (unpaired) electrons. The lowest BCUT2D eigenvalue weighted by atomic mass is 9.99. The molecule has 0 amide bonds. The summed E-state index contributed by atoms with van der Waals surface area (Å²) in [6.45, 7) is 1.74. The summed E-state index contributed by atoms with van der Waals surface area (Å²) in [5.74, 6) is -0.126. The summed E-state index contributed by atoms with van der Waals surface area (Å²) in [6.07, 6.45) is 1.71. The summed E-state index contributed by atoms with van der Waals surface area (Å²) in [5.41, 5.74) is 1.46. The van der Waals surface area contributed by atoms with Gasteiger partial charge in [0.15, 0.2) is 5.78 Å². The van der Waals surface area contributed by atoms with Crippen molar-refractivity contribution in [2.75, 3.05) is 12.4 Å². The molecule has 1 heterocycles. The van der Waals surface area contributed by atoms with Gasteiger partial charge >= 0.3 is 0 Å². The quantitative estimate of drug-likeness (QED) is 0.512. The maximum absolute atomic E-state index is 12.1. The van der Waals surface area contributed by atoms with Gasteiger partial charge in [-0.25, -0.2) is 0 Å². The minimum Gasteiger partial charge on any atom is -0.382 e. The van der Waals surface area contributed by atoms with Gasteiger partial charge in [-0.1, -0.05) is 30.7 Å². The van der Waals surface area contributed by atoms with Crippen LogP contribution in [0.15, 0.2) is 30.5 Å². The molecule has 0 unspecified atom stereocenters. The van der Waals surface area contributed by atoms with Crippen molar-refractivity contribution < 1.29 is 9.72 Å². The second kappa shape index (κ2) is 6.53. The second-order valence-corrected chi connectivity index (χ2v) is 4.97. The number of carbonyl (C=O) groups is 1. The van der Waals surface area contributed by atoms with Crippen molar-refractivity contribution in [2.24, 2.45) is 0 Å². The van der Waals surface area contributed by atoms with E-state index in [9.17, 15) is 14.9 Å². The average molecular weight is 320 g/mol. The number of nitrogens with zero attached hydrogens (tertiary/aromatic N) is 2. The lowest BCUT2D eigenvalue weighted by Crippen LogP contribution is -2.05. The topological polar surface area (TPSA) is 85.1 Å². The maximum Gasteiger partial charge on any atom is 0.293 e. The number of anilines is 1. The van der Waals surface area contributed by atoms with Gasteiger partial charge < -0.3 is 5.32 Å². The fourth-order valence-electron chi connectivity index (χ4n) is 2.21. The van der Waals surface area contributed by atoms with Crippen molar-refractivity contribution in [2.45, 2.75) is 13.3 Å². The van der Waals surface area contributed by atoms with Crippen LogP contribution in [0.4, 0.5) is 11.4 Å². The van der Waals surface area contributed by atoms with Gasteiger partial charge in [0, 0.05) is 36.9 Å². The predicted molar refractivity (Wildman–Crippen MR) is 85.5 cm³/mol. The zero-order valence-electron chi connectivity index (χ0n) is 12.1. The Morgan fingerprint density at radius 1 is 1.45 bits per heavy atom. The van der Waals surface area contributed by atoms with E-state index in [0.29, 0.717) is 34.0 Å². The first-order chi connectivity index (χ1) is 10.5. The van der Waals surface area contributed by atoms with Crippen LogP contribution in [-0.4, -0.2) is 22.7 Å². The van der Waals surface area contributed by atoms with Crippen LogP contribution in [0.25, 0.3) is 11.3 Å². The number of pyridine rings is 1. The van der Waals surface area contributed by atoms with Crippen LogP contribution in [0.2, 0.25) is 5.02 Å². The van der Waals surface area contributed by atoms with Gasteiger partial charge in [0.05, 0.1) is 15.6 Å². The van der Waals surface area contributed by atoms with Crippen LogP contribution in [0.5, 0.6) is 0 Å². The zero-order valence-corrected chi connectivity index (χ0v) is 12.8. The Labute approximate surface area is 132 Å². The number of rotatable bonds is 5. The third-order valence-corrected chi connectivity index (χ3v) is 3.43. The number of halogens is 1. The Morgan fingerprint density at radius 3 is 2.77 bits per heavy atom. The molecule has 0 saturated heterocycles. The number of para-hydroxylation sites is 1. The highest BCUT2D eigenvalue weighted by molar-refractivity contribution is 6.31. The normalized spacial score (nSPS) is 10.3. The number of benzene rings is 1. The van der Waals surface area contributed by atoms with E-state index < -0.39 is 4.92 Å². The number of aromatic nitrogens is 1. The number of carbonyl (C=O) groups excluding carboxylic acids is 1. The molecule has 22 heavy (non-hydrogen) atoms. The second-order valence-electron chi connectivity index (χ2n) is 4.53. The first-order valence-electron chi connectivity index (χ1n) is 6.63. The maximum atomic E-state index is 12.1. The molecule has 0 saturated carbocycles. The minimum atomic E-state index is -0.480. The predicted octanol–water partition coefficient (Wildman–Crippen LogP) is 3.94. The molecule has 0 aliphatic carbocycles. The number of nitro benzene ring substituents is 1. The Balaban J connectivity index is 2.74. The third-order valence-electron chi connectivity index (χ3n) is 3.22. The van der Waals surface area contributed by atoms with Crippen molar-refractivity contribution in [1.29, 1.82) is 0 Å². The molecule has 1 aromatic heterocycles. The first-order valence-corrected chi connectivity index (χ1v) is 7.01. The summed E-state index contributed by atoms with van der Waals surface area (Å²) >= 11 is 5.92. The number of ketones is 1. The number of nitrogens with one attached hydrogen (secondary N) is 1. The summed E-state index contributed by atoms with van der Waals surface area (Å²) in [6, 6.07) is 6.17. The third kappa shape index (κ3) is 2.92. The van der Waals surface area contributed by atoms with Crippen molar-refractivity contribution in [3.63, 3.8) is 0 Å². The van der Waals surface area contributed by atoms with Crippen LogP contribution in [0.1, 0.15) is 23.7 Å². The molecule has 7 heteroatoms. The Kier molecular flexibility index (Phi) is 4.72. The van der Waals surface area contributed by atoms with Gasteiger partial charge in [-0.05, 0) is 6.07 Å². The van der Waals surface area contributed by atoms with Crippen LogP contribution < -0.4 is 5.32 Å². The lowest BCUT2D eigenvalue weighted by Gasteiger charge is -2.12. The molecular formula is C15H14ClN3O3. The summed E-state index contributed by atoms with van der Waals surface area (Å²) in [4.78, 5) is 27.0. The number of nitro groups is 1. The van der Waals surface area contributed by atoms with E-state index in [-0.39, 0.29) is 11.5 Å². The smallest absolute Gasteiger partial charge is 0.293 e. The SMILES string of the molecule is CCC(=O)c1cc(Cl)cnc1-c1cccc([N+](=O)[O-])c1NC. The molecule has 1 N–H and O–H groups in total. The molecule has 114 valence electrons. The monoisotopic (exact) mass is 319 g/mol. The van der Waals surface area contributed by atoms with E-state index in [1.54, 1.807) is 26.1 Å². The first kappa shape index (κ1) is 15.9. The fraction of sp³-hybridized carbons (Fsp3) is 0.200.